The van der Waals surface area contributed by atoms with Crippen LogP contribution in [0.3, 0.4) is 0 Å². The Balaban J connectivity index is 0.00000156. The zero-order valence-corrected chi connectivity index (χ0v) is 17.6. The van der Waals surface area contributed by atoms with Crippen LogP contribution in [-0.2, 0) is 11.2 Å². The molecule has 0 bridgehead atoms. The number of nitrogens with zero attached hydrogens (tertiary/aromatic N) is 1. The van der Waals surface area contributed by atoms with Crippen LogP contribution in [-0.4, -0.2) is 23.0 Å². The van der Waals surface area contributed by atoms with Crippen molar-refractivity contribution in [2.75, 3.05) is 0 Å². The number of hydrogen-bond donors (Lipinski definition) is 2. The molecule has 1 aromatic heterocycles. The highest BCUT2D eigenvalue weighted by atomic mass is 79.9. The molecule has 1 aliphatic carbocycles. The number of carbonyl (C=O) groups is 1. The van der Waals surface area contributed by atoms with E-state index in [2.05, 4.69) is 26.2 Å². The van der Waals surface area contributed by atoms with E-state index in [1.807, 2.05) is 29.6 Å². The van der Waals surface area contributed by atoms with E-state index in [4.69, 9.17) is 5.73 Å². The fourth-order valence-electron chi connectivity index (χ4n) is 2.85. The molecule has 3 N–H and O–H groups in total. The molecular formula is C17H22BrCl2N3OS. The Morgan fingerprint density at radius 2 is 2.00 bits per heavy atom. The second-order valence-corrected chi connectivity index (χ2v) is 7.78. The van der Waals surface area contributed by atoms with E-state index in [1.54, 1.807) is 11.3 Å². The third kappa shape index (κ3) is 6.53. The predicted octanol–water partition coefficient (Wildman–Crippen LogP) is 4.34. The largest absolute Gasteiger partial charge is 0.353 e. The minimum absolute atomic E-state index is 0. The molecule has 25 heavy (non-hydrogen) atoms. The van der Waals surface area contributed by atoms with Gasteiger partial charge in [-0.15, -0.1) is 36.2 Å². The molecule has 0 aliphatic heterocycles. The molecule has 1 aliphatic rings. The highest BCUT2D eigenvalue weighted by molar-refractivity contribution is 9.10. The molecule has 0 radical (unpaired) electrons. The van der Waals surface area contributed by atoms with Crippen LogP contribution in [0.4, 0.5) is 0 Å². The maximum atomic E-state index is 12.2. The molecule has 138 valence electrons. The molecule has 4 nitrogen and oxygen atoms in total. The van der Waals surface area contributed by atoms with Gasteiger partial charge in [-0.25, -0.2) is 4.98 Å². The van der Waals surface area contributed by atoms with E-state index < -0.39 is 0 Å². The molecule has 1 aromatic carbocycles. The lowest BCUT2D eigenvalue weighted by molar-refractivity contribution is -0.121. The summed E-state index contributed by atoms with van der Waals surface area (Å²) in [7, 11) is 0. The molecule has 1 saturated carbocycles. The first-order chi connectivity index (χ1) is 11.1. The van der Waals surface area contributed by atoms with Crippen molar-refractivity contribution in [3.63, 3.8) is 0 Å². The van der Waals surface area contributed by atoms with Crippen LogP contribution in [0.1, 0.15) is 31.4 Å². The smallest absolute Gasteiger partial charge is 0.226 e. The average molecular weight is 467 g/mol. The van der Waals surface area contributed by atoms with Gasteiger partial charge < -0.3 is 11.1 Å². The number of carbonyl (C=O) groups excluding carboxylic acids is 1. The van der Waals surface area contributed by atoms with Crippen molar-refractivity contribution in [3.8, 4) is 10.6 Å². The Hall–Kier alpha value is -0.660. The number of aromatic nitrogens is 1. The average Bonchev–Trinajstić information content (AvgIpc) is 2.98. The number of amides is 1. The second-order valence-electron chi connectivity index (χ2n) is 6.01. The Labute approximate surface area is 172 Å². The molecule has 2 aromatic rings. The Morgan fingerprint density at radius 3 is 2.68 bits per heavy atom. The fourth-order valence-corrected chi connectivity index (χ4v) is 4.06. The molecule has 1 heterocycles. The van der Waals surface area contributed by atoms with Crippen molar-refractivity contribution < 1.29 is 4.79 Å². The lowest BCUT2D eigenvalue weighted by Crippen LogP contribution is -2.41. The molecule has 0 saturated heterocycles. The van der Waals surface area contributed by atoms with E-state index >= 15 is 0 Å². The zero-order valence-electron chi connectivity index (χ0n) is 13.6. The lowest BCUT2D eigenvalue weighted by atomic mass is 9.92. The molecule has 1 fully saturated rings. The minimum atomic E-state index is 0. The van der Waals surface area contributed by atoms with Gasteiger partial charge in [0, 0.05) is 27.5 Å². The van der Waals surface area contributed by atoms with Gasteiger partial charge >= 0.3 is 0 Å². The summed E-state index contributed by atoms with van der Waals surface area (Å²) in [6.45, 7) is 0. The van der Waals surface area contributed by atoms with Crippen molar-refractivity contribution in [1.82, 2.24) is 10.3 Å². The SMILES string of the molecule is Cl.Cl.NC1CCC(NC(=O)Cc2csc(-c3cccc(Br)c3)n2)CC1. The number of hydrogen-bond acceptors (Lipinski definition) is 4. The number of nitrogens with two attached hydrogens (primary N) is 1. The standard InChI is InChI=1S/C17H20BrN3OS.2ClH/c18-12-3-1-2-11(8-12)17-21-15(10-23-17)9-16(22)20-14-6-4-13(19)5-7-14;;/h1-3,8,10,13-14H,4-7,9,19H2,(H,20,22);2*1H. The normalized spacial score (nSPS) is 19.4. The van der Waals surface area contributed by atoms with Crippen LogP contribution in [0.2, 0.25) is 0 Å². The van der Waals surface area contributed by atoms with Crippen LogP contribution in [0.15, 0.2) is 34.1 Å². The third-order valence-electron chi connectivity index (χ3n) is 4.10. The summed E-state index contributed by atoms with van der Waals surface area (Å²) < 4.78 is 1.03. The first-order valence-electron chi connectivity index (χ1n) is 7.85. The minimum Gasteiger partial charge on any atom is -0.353 e. The van der Waals surface area contributed by atoms with E-state index in [0.29, 0.717) is 12.5 Å². The van der Waals surface area contributed by atoms with Crippen molar-refractivity contribution >= 4 is 58.0 Å². The van der Waals surface area contributed by atoms with Crippen LogP contribution >= 0.6 is 52.1 Å². The maximum absolute atomic E-state index is 12.2. The van der Waals surface area contributed by atoms with Gasteiger partial charge in [-0.05, 0) is 37.8 Å². The lowest BCUT2D eigenvalue weighted by Gasteiger charge is -2.26. The maximum Gasteiger partial charge on any atom is 0.226 e. The summed E-state index contributed by atoms with van der Waals surface area (Å²) in [5, 5.41) is 6.02. The van der Waals surface area contributed by atoms with Gasteiger partial charge in [0.05, 0.1) is 12.1 Å². The van der Waals surface area contributed by atoms with E-state index in [-0.39, 0.29) is 36.8 Å². The fraction of sp³-hybridized carbons (Fsp3) is 0.412. The summed E-state index contributed by atoms with van der Waals surface area (Å²) in [4.78, 5) is 16.8. The number of thiazole rings is 1. The summed E-state index contributed by atoms with van der Waals surface area (Å²) in [6, 6.07) is 8.61. The van der Waals surface area contributed by atoms with Crippen molar-refractivity contribution in [2.45, 2.75) is 44.2 Å². The van der Waals surface area contributed by atoms with Crippen molar-refractivity contribution in [2.24, 2.45) is 5.73 Å². The van der Waals surface area contributed by atoms with Gasteiger partial charge in [0.25, 0.3) is 0 Å². The van der Waals surface area contributed by atoms with Gasteiger partial charge in [-0.2, -0.15) is 0 Å². The number of benzene rings is 1. The quantitative estimate of drug-likeness (QED) is 0.703. The summed E-state index contributed by atoms with van der Waals surface area (Å²) in [5.41, 5.74) is 7.79. The molecule has 0 spiro atoms. The van der Waals surface area contributed by atoms with E-state index in [9.17, 15) is 4.79 Å². The second kappa shape index (κ2) is 10.5. The van der Waals surface area contributed by atoms with Crippen molar-refractivity contribution in [1.29, 1.82) is 0 Å². The molecule has 3 rings (SSSR count). The Bertz CT molecular complexity index is 690. The molecule has 0 unspecified atom stereocenters. The topological polar surface area (TPSA) is 68.0 Å². The Kier molecular flexibility index (Phi) is 9.38. The first kappa shape index (κ1) is 22.4. The van der Waals surface area contributed by atoms with Gasteiger partial charge in [-0.3, -0.25) is 4.79 Å². The van der Waals surface area contributed by atoms with Gasteiger partial charge in [-0.1, -0.05) is 28.1 Å². The van der Waals surface area contributed by atoms with Crippen LogP contribution in [0, 0.1) is 0 Å². The molecule has 0 atom stereocenters. The summed E-state index contributed by atoms with van der Waals surface area (Å²) in [5.74, 6) is 0.0524. The van der Waals surface area contributed by atoms with Gasteiger partial charge in [0.1, 0.15) is 5.01 Å². The van der Waals surface area contributed by atoms with Crippen molar-refractivity contribution in [3.05, 3.63) is 39.8 Å². The van der Waals surface area contributed by atoms with E-state index in [1.165, 1.54) is 0 Å². The molecule has 1 amide bonds. The summed E-state index contributed by atoms with van der Waals surface area (Å²) in [6.07, 6.45) is 4.29. The highest BCUT2D eigenvalue weighted by Gasteiger charge is 2.20. The number of halogens is 3. The van der Waals surface area contributed by atoms with Crippen LogP contribution in [0.25, 0.3) is 10.6 Å². The first-order valence-corrected chi connectivity index (χ1v) is 9.52. The highest BCUT2D eigenvalue weighted by Crippen LogP contribution is 2.26. The molecular weight excluding hydrogens is 445 g/mol. The zero-order chi connectivity index (χ0) is 16.2. The third-order valence-corrected chi connectivity index (χ3v) is 5.54. The summed E-state index contributed by atoms with van der Waals surface area (Å²) >= 11 is 5.04. The van der Waals surface area contributed by atoms with Gasteiger partial charge in [0.2, 0.25) is 5.91 Å². The van der Waals surface area contributed by atoms with Crippen LogP contribution < -0.4 is 11.1 Å². The predicted molar refractivity (Wildman–Crippen MR) is 112 cm³/mol. The van der Waals surface area contributed by atoms with E-state index in [0.717, 1.165) is 46.4 Å². The molecule has 8 heteroatoms. The monoisotopic (exact) mass is 465 g/mol. The van der Waals surface area contributed by atoms with Crippen LogP contribution in [0.5, 0.6) is 0 Å². The van der Waals surface area contributed by atoms with Gasteiger partial charge in [0.15, 0.2) is 0 Å². The Morgan fingerprint density at radius 1 is 1.28 bits per heavy atom. The number of rotatable bonds is 4. The number of nitrogens with one attached hydrogen (secondary N) is 1.